The van der Waals surface area contributed by atoms with Crippen LogP contribution in [0.15, 0.2) is 0 Å². The van der Waals surface area contributed by atoms with E-state index < -0.39 is 61.8 Å². The molecule has 0 fully saturated rings. The Morgan fingerprint density at radius 3 is 0.960 bits per heavy atom. The van der Waals surface area contributed by atoms with Gasteiger partial charge in [0.25, 0.3) is 0 Å². The molecule has 0 heterocycles. The molecule has 0 aromatic carbocycles. The van der Waals surface area contributed by atoms with E-state index in [4.69, 9.17) is 40.9 Å². The van der Waals surface area contributed by atoms with Gasteiger partial charge in [0.15, 0.2) is 0 Å². The van der Waals surface area contributed by atoms with Gasteiger partial charge in [0, 0.05) is 0 Å². The predicted octanol–water partition coefficient (Wildman–Crippen LogP) is -7.73. The van der Waals surface area contributed by atoms with Crippen LogP contribution in [0.2, 0.25) is 0 Å². The molecular weight excluding hydrogens is 376 g/mol. The number of aliphatic hydroxyl groups is 8. The molecule has 0 saturated carbocycles. The maximum Gasteiger partial charge on any atom is 2.00 e. The fourth-order valence-corrected chi connectivity index (χ4v) is 0.671. The summed E-state index contributed by atoms with van der Waals surface area (Å²) < 4.78 is 0. The van der Waals surface area contributed by atoms with Crippen LogP contribution < -0.4 is 10.2 Å². The Balaban J connectivity index is -0.000000144. The van der Waals surface area contributed by atoms with Gasteiger partial charge in [0.05, 0.1) is 37.4 Å². The number of aliphatic hydroxyl groups excluding tert-OH is 8. The number of hydrogen-bond donors (Lipinski definition) is 8. The zero-order valence-corrected chi connectivity index (χ0v) is 16.0. The van der Waals surface area contributed by atoms with E-state index in [1.165, 1.54) is 0 Å². The summed E-state index contributed by atoms with van der Waals surface area (Å²) in [5, 5.41) is 86.8. The first-order valence-corrected chi connectivity index (χ1v) is 6.55. The van der Waals surface area contributed by atoms with E-state index in [2.05, 4.69) is 0 Å². The molecule has 0 aliphatic carbocycles. The molecular formula is C12H24CaO12. The summed E-state index contributed by atoms with van der Waals surface area (Å²) in [6, 6.07) is 0. The molecule has 0 amide bonds. The standard InChI is InChI=1S/C6H14O6.2C3H6O3.Ca/c7-1-3(9)5(11)6(12)4(10)2-8;2*1-2(4)3(5)6;/h3-12H,1-2H2;2*2,4H,1H3,(H,5,6);/q;;;+2/p-2/t3-,4-,5-,6-;;;/m1.../s1. The van der Waals surface area contributed by atoms with Crippen LogP contribution in [0.3, 0.4) is 0 Å². The maximum atomic E-state index is 9.34. The van der Waals surface area contributed by atoms with E-state index in [1.807, 2.05) is 0 Å². The van der Waals surface area contributed by atoms with E-state index >= 15 is 0 Å². The number of carbonyl (C=O) groups is 2. The van der Waals surface area contributed by atoms with Crippen LogP contribution in [0.4, 0.5) is 0 Å². The summed E-state index contributed by atoms with van der Waals surface area (Å²) in [5.74, 6) is -2.87. The Bertz CT molecular complexity index is 306. The normalized spacial score (nSPS) is 16.9. The molecule has 0 aromatic rings. The van der Waals surface area contributed by atoms with Crippen molar-refractivity contribution in [2.24, 2.45) is 0 Å². The van der Waals surface area contributed by atoms with Crippen molar-refractivity contribution in [2.75, 3.05) is 13.2 Å². The third-order valence-electron chi connectivity index (χ3n) is 2.19. The summed E-state index contributed by atoms with van der Waals surface area (Å²) in [6.45, 7) is 0.817. The molecule has 0 aromatic heterocycles. The van der Waals surface area contributed by atoms with Crippen molar-refractivity contribution >= 4 is 49.7 Å². The second-order valence-electron chi connectivity index (χ2n) is 4.47. The number of carbonyl (C=O) groups excluding carboxylic acids is 2. The molecule has 0 saturated heterocycles. The van der Waals surface area contributed by atoms with Crippen molar-refractivity contribution in [3.8, 4) is 0 Å². The van der Waals surface area contributed by atoms with Crippen molar-refractivity contribution < 1.29 is 60.7 Å². The van der Waals surface area contributed by atoms with Gasteiger partial charge in [-0.05, 0) is 13.8 Å². The molecule has 0 spiro atoms. The fourth-order valence-electron chi connectivity index (χ4n) is 0.671. The smallest absolute Gasteiger partial charge is 0.547 e. The second kappa shape index (κ2) is 18.7. The first-order chi connectivity index (χ1) is 10.8. The van der Waals surface area contributed by atoms with Crippen LogP contribution in [0, 0.1) is 0 Å². The minimum absolute atomic E-state index is 0. The van der Waals surface area contributed by atoms with Gasteiger partial charge >= 0.3 is 37.7 Å². The molecule has 146 valence electrons. The molecule has 0 aliphatic rings. The summed E-state index contributed by atoms with van der Waals surface area (Å²) in [5.41, 5.74) is 0. The number of carboxylic acids is 2. The quantitative estimate of drug-likeness (QED) is 0.186. The monoisotopic (exact) mass is 400 g/mol. The maximum absolute atomic E-state index is 9.34. The topological polar surface area (TPSA) is 242 Å². The van der Waals surface area contributed by atoms with Crippen molar-refractivity contribution in [3.05, 3.63) is 0 Å². The zero-order valence-electron chi connectivity index (χ0n) is 13.8. The summed E-state index contributed by atoms with van der Waals surface area (Å²) in [6.07, 6.45) is -9.08. The molecule has 0 radical (unpaired) electrons. The van der Waals surface area contributed by atoms with E-state index in [-0.39, 0.29) is 37.7 Å². The van der Waals surface area contributed by atoms with Gasteiger partial charge in [-0.15, -0.1) is 0 Å². The van der Waals surface area contributed by atoms with Gasteiger partial charge in [-0.2, -0.15) is 0 Å². The molecule has 8 N–H and O–H groups in total. The minimum atomic E-state index is -1.67. The van der Waals surface area contributed by atoms with Crippen molar-refractivity contribution in [3.63, 3.8) is 0 Å². The minimum Gasteiger partial charge on any atom is -0.547 e. The first-order valence-electron chi connectivity index (χ1n) is 6.55. The second-order valence-corrected chi connectivity index (χ2v) is 4.47. The van der Waals surface area contributed by atoms with Crippen molar-refractivity contribution in [1.82, 2.24) is 0 Å². The number of carboxylic acid groups (broad SMARTS) is 2. The molecule has 0 bridgehead atoms. The van der Waals surface area contributed by atoms with Crippen molar-refractivity contribution in [1.29, 1.82) is 0 Å². The summed E-state index contributed by atoms with van der Waals surface area (Å²) >= 11 is 0. The van der Waals surface area contributed by atoms with Crippen LogP contribution in [-0.2, 0) is 9.59 Å². The molecule has 0 rings (SSSR count). The summed E-state index contributed by atoms with van der Waals surface area (Å²) in [4.78, 5) is 18.7. The Kier molecular flexibility index (Phi) is 24.3. The van der Waals surface area contributed by atoms with Crippen LogP contribution in [-0.4, -0.2) is 140 Å². The van der Waals surface area contributed by atoms with Gasteiger partial charge in [-0.1, -0.05) is 0 Å². The van der Waals surface area contributed by atoms with Crippen LogP contribution in [0.5, 0.6) is 0 Å². The Morgan fingerprint density at radius 1 is 0.720 bits per heavy atom. The van der Waals surface area contributed by atoms with Crippen LogP contribution in [0.25, 0.3) is 0 Å². The molecule has 13 heteroatoms. The number of rotatable bonds is 7. The molecule has 6 atom stereocenters. The number of aliphatic carboxylic acids is 2. The largest absolute Gasteiger partial charge is 2.00 e. The third kappa shape index (κ3) is 20.0. The Morgan fingerprint density at radius 2 is 0.880 bits per heavy atom. The van der Waals surface area contributed by atoms with Crippen LogP contribution in [0.1, 0.15) is 13.8 Å². The SMILES string of the molecule is CC(O)C(=O)[O-].CC(O)C(=O)[O-].OC[C@@H](O)[C@@H](O)[C@H](O)[C@H](O)CO.[Ca+2]. The summed E-state index contributed by atoms with van der Waals surface area (Å²) in [7, 11) is 0. The zero-order chi connectivity index (χ0) is 20.0. The van der Waals surface area contributed by atoms with Gasteiger partial charge in [-0.3, -0.25) is 0 Å². The Labute approximate surface area is 173 Å². The third-order valence-corrected chi connectivity index (χ3v) is 2.19. The average molecular weight is 400 g/mol. The van der Waals surface area contributed by atoms with E-state index in [9.17, 15) is 19.8 Å². The molecule has 25 heavy (non-hydrogen) atoms. The molecule has 0 aliphatic heterocycles. The van der Waals surface area contributed by atoms with E-state index in [0.717, 1.165) is 13.8 Å². The average Bonchev–Trinajstić information content (AvgIpc) is 2.52. The van der Waals surface area contributed by atoms with Crippen LogP contribution >= 0.6 is 0 Å². The van der Waals surface area contributed by atoms with E-state index in [0.29, 0.717) is 0 Å². The fraction of sp³-hybridized carbons (Fsp3) is 0.833. The predicted molar refractivity (Wildman–Crippen MR) is 77.3 cm³/mol. The number of hydrogen-bond acceptors (Lipinski definition) is 12. The Hall–Kier alpha value is -0.120. The van der Waals surface area contributed by atoms with E-state index in [1.54, 1.807) is 0 Å². The van der Waals surface area contributed by atoms with Gasteiger partial charge in [0.1, 0.15) is 24.4 Å². The van der Waals surface area contributed by atoms with Gasteiger partial charge in [-0.25, -0.2) is 0 Å². The molecule has 2 unspecified atom stereocenters. The van der Waals surface area contributed by atoms with Gasteiger partial charge < -0.3 is 60.7 Å². The van der Waals surface area contributed by atoms with Gasteiger partial charge in [0.2, 0.25) is 0 Å². The van der Waals surface area contributed by atoms with Crippen molar-refractivity contribution in [2.45, 2.75) is 50.5 Å². The molecule has 12 nitrogen and oxygen atoms in total. The first kappa shape index (κ1) is 32.5.